The van der Waals surface area contributed by atoms with Crippen LogP contribution in [-0.4, -0.2) is 57.4 Å². The molecule has 2 aromatic rings. The third-order valence-corrected chi connectivity index (χ3v) is 7.38. The van der Waals surface area contributed by atoms with E-state index in [1.807, 2.05) is 24.3 Å². The summed E-state index contributed by atoms with van der Waals surface area (Å²) in [5.41, 5.74) is 6.37. The minimum atomic E-state index is -0.325. The molecule has 2 aliphatic rings. The van der Waals surface area contributed by atoms with Gasteiger partial charge in [-0.05, 0) is 37.8 Å². The van der Waals surface area contributed by atoms with Crippen LogP contribution in [0.5, 0.6) is 5.75 Å². The van der Waals surface area contributed by atoms with Gasteiger partial charge in [0.2, 0.25) is 11.8 Å². The number of amides is 2. The summed E-state index contributed by atoms with van der Waals surface area (Å²) >= 11 is 1.42. The molecule has 172 valence electrons. The van der Waals surface area contributed by atoms with Crippen LogP contribution in [0.1, 0.15) is 51.0 Å². The molecule has 0 unspecified atom stereocenters. The molecule has 2 N–H and O–H groups in total. The maximum atomic E-state index is 12.9. The van der Waals surface area contributed by atoms with E-state index >= 15 is 0 Å². The topological polar surface area (TPSA) is 103 Å². The Kier molecular flexibility index (Phi) is 7.34. The summed E-state index contributed by atoms with van der Waals surface area (Å²) in [7, 11) is 1.66. The Balaban J connectivity index is 1.55. The number of thioether (sulfide) groups is 1. The number of rotatable bonds is 7. The summed E-state index contributed by atoms with van der Waals surface area (Å²) in [5, 5.41) is 9.76. The molecule has 2 heterocycles. The highest BCUT2D eigenvalue weighted by molar-refractivity contribution is 7.99. The largest absolute Gasteiger partial charge is 0.496 e. The van der Waals surface area contributed by atoms with E-state index in [-0.39, 0.29) is 23.5 Å². The van der Waals surface area contributed by atoms with Crippen molar-refractivity contribution in [2.75, 3.05) is 26.0 Å². The lowest BCUT2D eigenvalue weighted by atomic mass is 9.95. The van der Waals surface area contributed by atoms with Gasteiger partial charge in [0.15, 0.2) is 11.0 Å². The lowest BCUT2D eigenvalue weighted by molar-refractivity contribution is -0.132. The van der Waals surface area contributed by atoms with Gasteiger partial charge in [-0.1, -0.05) is 43.2 Å². The molecule has 1 aromatic heterocycles. The van der Waals surface area contributed by atoms with Gasteiger partial charge in [-0.2, -0.15) is 0 Å². The van der Waals surface area contributed by atoms with Crippen molar-refractivity contribution in [3.63, 3.8) is 0 Å². The van der Waals surface area contributed by atoms with Crippen LogP contribution >= 0.6 is 11.8 Å². The van der Waals surface area contributed by atoms with Crippen LogP contribution in [0.15, 0.2) is 29.4 Å². The quantitative estimate of drug-likeness (QED) is 0.640. The predicted octanol–water partition coefficient (Wildman–Crippen LogP) is 3.27. The van der Waals surface area contributed by atoms with E-state index in [0.717, 1.165) is 48.0 Å². The van der Waals surface area contributed by atoms with Gasteiger partial charge in [0.05, 0.1) is 24.3 Å². The Hall–Kier alpha value is -2.55. The average Bonchev–Trinajstić information content (AvgIpc) is 3.26. The van der Waals surface area contributed by atoms with Gasteiger partial charge in [0, 0.05) is 19.1 Å². The lowest BCUT2D eigenvalue weighted by Crippen LogP contribution is -2.44. The number of para-hydroxylation sites is 1. The van der Waals surface area contributed by atoms with Crippen molar-refractivity contribution in [3.05, 3.63) is 24.3 Å². The molecule has 0 bridgehead atoms. The van der Waals surface area contributed by atoms with E-state index in [9.17, 15) is 9.59 Å². The molecule has 1 saturated heterocycles. The maximum absolute atomic E-state index is 12.9. The summed E-state index contributed by atoms with van der Waals surface area (Å²) in [6.07, 6.45) is 7.33. The van der Waals surface area contributed by atoms with Crippen molar-refractivity contribution >= 4 is 23.6 Å². The lowest BCUT2D eigenvalue weighted by Gasteiger charge is -2.31. The Morgan fingerprint density at radius 1 is 1.12 bits per heavy atom. The number of ether oxygens (including phenoxy) is 1. The van der Waals surface area contributed by atoms with Gasteiger partial charge in [0.1, 0.15) is 5.75 Å². The second kappa shape index (κ2) is 10.4. The molecule has 1 aliphatic carbocycles. The Labute approximate surface area is 192 Å². The normalized spacial score (nSPS) is 19.7. The minimum absolute atomic E-state index is 0.0120. The SMILES string of the molecule is COc1ccccc1-c1nnc(SCC(=O)N2CCC[C@@H](C(N)=O)C2)n1C1CCCCC1. The first-order valence-corrected chi connectivity index (χ1v) is 12.3. The van der Waals surface area contributed by atoms with Crippen LogP contribution < -0.4 is 10.5 Å². The van der Waals surface area contributed by atoms with Crippen molar-refractivity contribution in [2.45, 2.75) is 56.1 Å². The highest BCUT2D eigenvalue weighted by atomic mass is 32.2. The number of carbonyl (C=O) groups is 2. The van der Waals surface area contributed by atoms with E-state index in [1.54, 1.807) is 12.0 Å². The maximum Gasteiger partial charge on any atom is 0.233 e. The van der Waals surface area contributed by atoms with Crippen LogP contribution in [0.25, 0.3) is 11.4 Å². The van der Waals surface area contributed by atoms with Crippen molar-refractivity contribution in [1.29, 1.82) is 0 Å². The number of nitrogens with zero attached hydrogens (tertiary/aromatic N) is 4. The van der Waals surface area contributed by atoms with E-state index < -0.39 is 0 Å². The van der Waals surface area contributed by atoms with E-state index in [4.69, 9.17) is 10.5 Å². The van der Waals surface area contributed by atoms with Crippen molar-refractivity contribution in [2.24, 2.45) is 11.7 Å². The fourth-order valence-electron chi connectivity index (χ4n) is 4.71. The number of piperidine rings is 1. The second-order valence-electron chi connectivity index (χ2n) is 8.54. The monoisotopic (exact) mass is 457 g/mol. The Morgan fingerprint density at radius 2 is 1.91 bits per heavy atom. The number of hydrogen-bond donors (Lipinski definition) is 1. The predicted molar refractivity (Wildman–Crippen MR) is 123 cm³/mol. The second-order valence-corrected chi connectivity index (χ2v) is 9.48. The first-order chi connectivity index (χ1) is 15.6. The zero-order valence-corrected chi connectivity index (χ0v) is 19.4. The van der Waals surface area contributed by atoms with E-state index in [0.29, 0.717) is 19.1 Å². The summed E-state index contributed by atoms with van der Waals surface area (Å²) in [6, 6.07) is 8.15. The number of carbonyl (C=O) groups excluding carboxylic acids is 2. The number of nitrogens with two attached hydrogens (primary N) is 1. The van der Waals surface area contributed by atoms with Crippen LogP contribution in [0, 0.1) is 5.92 Å². The number of aromatic nitrogens is 3. The van der Waals surface area contributed by atoms with Crippen molar-refractivity contribution < 1.29 is 14.3 Å². The average molecular weight is 458 g/mol. The number of hydrogen-bond acceptors (Lipinski definition) is 6. The summed E-state index contributed by atoms with van der Waals surface area (Å²) < 4.78 is 7.78. The molecule has 1 atom stereocenters. The molecule has 8 nitrogen and oxygen atoms in total. The zero-order chi connectivity index (χ0) is 22.5. The molecule has 4 rings (SSSR count). The Morgan fingerprint density at radius 3 is 2.66 bits per heavy atom. The van der Waals surface area contributed by atoms with Crippen LogP contribution in [-0.2, 0) is 9.59 Å². The molecule has 0 radical (unpaired) electrons. The van der Waals surface area contributed by atoms with Gasteiger partial charge in [-0.25, -0.2) is 0 Å². The van der Waals surface area contributed by atoms with Crippen LogP contribution in [0.3, 0.4) is 0 Å². The summed E-state index contributed by atoms with van der Waals surface area (Å²) in [6.45, 7) is 1.08. The first-order valence-electron chi connectivity index (χ1n) is 11.4. The van der Waals surface area contributed by atoms with Gasteiger partial charge in [-0.3, -0.25) is 14.2 Å². The molecule has 1 aromatic carbocycles. The van der Waals surface area contributed by atoms with E-state index in [2.05, 4.69) is 14.8 Å². The Bertz CT molecular complexity index is 957. The third kappa shape index (κ3) is 4.92. The summed E-state index contributed by atoms with van der Waals surface area (Å²) in [5.74, 6) is 1.25. The van der Waals surface area contributed by atoms with Crippen molar-refractivity contribution in [1.82, 2.24) is 19.7 Å². The van der Waals surface area contributed by atoms with Gasteiger partial charge >= 0.3 is 0 Å². The first kappa shape index (κ1) is 22.6. The smallest absolute Gasteiger partial charge is 0.233 e. The standard InChI is InChI=1S/C23H31N5O3S/c1-31-19-12-6-5-11-18(19)22-25-26-23(28(22)17-9-3-2-4-10-17)32-15-20(29)27-13-7-8-16(14-27)21(24)30/h5-6,11-12,16-17H,2-4,7-10,13-15H2,1H3,(H2,24,30)/t16-/m1/s1. The molecule has 32 heavy (non-hydrogen) atoms. The molecule has 9 heteroatoms. The van der Waals surface area contributed by atoms with E-state index in [1.165, 1.54) is 31.0 Å². The summed E-state index contributed by atoms with van der Waals surface area (Å²) in [4.78, 5) is 26.2. The fourth-order valence-corrected chi connectivity index (χ4v) is 5.62. The zero-order valence-electron chi connectivity index (χ0n) is 18.5. The van der Waals surface area contributed by atoms with Gasteiger partial charge in [0.25, 0.3) is 0 Å². The number of benzene rings is 1. The van der Waals surface area contributed by atoms with Gasteiger partial charge < -0.3 is 15.4 Å². The van der Waals surface area contributed by atoms with Gasteiger partial charge in [-0.15, -0.1) is 10.2 Å². The molecule has 2 amide bonds. The number of primary amides is 1. The van der Waals surface area contributed by atoms with Crippen molar-refractivity contribution in [3.8, 4) is 17.1 Å². The van der Waals surface area contributed by atoms with Crippen LogP contribution in [0.2, 0.25) is 0 Å². The minimum Gasteiger partial charge on any atom is -0.496 e. The fraction of sp³-hybridized carbons (Fsp3) is 0.565. The third-order valence-electron chi connectivity index (χ3n) is 6.45. The molecular weight excluding hydrogens is 426 g/mol. The number of likely N-dealkylation sites (tertiary alicyclic amines) is 1. The molecular formula is C23H31N5O3S. The molecule has 2 fully saturated rings. The highest BCUT2D eigenvalue weighted by Gasteiger charge is 2.29. The molecule has 1 aliphatic heterocycles. The molecule has 1 saturated carbocycles. The number of methoxy groups -OCH3 is 1. The highest BCUT2D eigenvalue weighted by Crippen LogP contribution is 2.38. The van der Waals surface area contributed by atoms with Crippen LogP contribution in [0.4, 0.5) is 0 Å². The molecule has 0 spiro atoms.